The summed E-state index contributed by atoms with van der Waals surface area (Å²) in [5.41, 5.74) is 3.26. The maximum atomic E-state index is 11.8. The summed E-state index contributed by atoms with van der Waals surface area (Å²) >= 11 is 0. The molecule has 19 heavy (non-hydrogen) atoms. The Morgan fingerprint density at radius 2 is 2.00 bits per heavy atom. The van der Waals surface area contributed by atoms with Crippen LogP contribution in [0.1, 0.15) is 24.8 Å². The van der Waals surface area contributed by atoms with Crippen LogP contribution in [0, 0.1) is 6.92 Å². The van der Waals surface area contributed by atoms with E-state index >= 15 is 0 Å². The van der Waals surface area contributed by atoms with Crippen LogP contribution in [0.2, 0.25) is 0 Å². The van der Waals surface area contributed by atoms with Gasteiger partial charge in [-0.3, -0.25) is 4.79 Å². The molecule has 0 aliphatic heterocycles. The minimum Gasteiger partial charge on any atom is -0.326 e. The first-order valence-electron chi connectivity index (χ1n) is 6.63. The van der Waals surface area contributed by atoms with E-state index in [2.05, 4.69) is 29.6 Å². The summed E-state index contributed by atoms with van der Waals surface area (Å²) in [5.74, 6) is 0.0615. The quantitative estimate of drug-likeness (QED) is 0.857. The zero-order valence-electron chi connectivity index (χ0n) is 11.2. The van der Waals surface area contributed by atoms with Gasteiger partial charge in [-0.1, -0.05) is 48.1 Å². The van der Waals surface area contributed by atoms with Crippen LogP contribution in [0.5, 0.6) is 0 Å². The predicted octanol–water partition coefficient (Wildman–Crippen LogP) is 4.16. The Labute approximate surface area is 114 Å². The van der Waals surface area contributed by atoms with Crippen molar-refractivity contribution in [3.63, 3.8) is 0 Å². The standard InChI is InChI=1S/C17H19NO/c1-14-8-11-16(12-9-14)18-17(19)13-10-15-6-4-2-3-5-7-15/h2,4-9,11-12H,3,10,13H2,1H3,(H,18,19). The molecule has 1 aromatic carbocycles. The summed E-state index contributed by atoms with van der Waals surface area (Å²) in [6, 6.07) is 7.86. The van der Waals surface area contributed by atoms with Crippen LogP contribution < -0.4 is 5.32 Å². The number of carbonyl (C=O) groups is 1. The zero-order chi connectivity index (χ0) is 13.5. The third-order valence-corrected chi connectivity index (χ3v) is 3.03. The van der Waals surface area contributed by atoms with E-state index < -0.39 is 0 Å². The van der Waals surface area contributed by atoms with E-state index in [1.54, 1.807) is 0 Å². The number of hydrogen-bond acceptors (Lipinski definition) is 1. The fraction of sp³-hybridized carbons (Fsp3) is 0.235. The van der Waals surface area contributed by atoms with Crippen LogP contribution in [0.3, 0.4) is 0 Å². The number of aryl methyl sites for hydroxylation is 1. The first kappa shape index (κ1) is 13.3. The molecule has 1 amide bonds. The van der Waals surface area contributed by atoms with Crippen LogP contribution in [0.4, 0.5) is 5.69 Å². The molecule has 0 heterocycles. The molecule has 1 aliphatic carbocycles. The monoisotopic (exact) mass is 253 g/mol. The molecule has 1 N–H and O–H groups in total. The lowest BCUT2D eigenvalue weighted by Gasteiger charge is -2.06. The van der Waals surface area contributed by atoms with E-state index in [0.717, 1.165) is 18.5 Å². The Morgan fingerprint density at radius 1 is 1.21 bits per heavy atom. The topological polar surface area (TPSA) is 29.1 Å². The highest BCUT2D eigenvalue weighted by atomic mass is 16.1. The lowest BCUT2D eigenvalue weighted by Crippen LogP contribution is -2.11. The molecule has 1 aliphatic rings. The summed E-state index contributed by atoms with van der Waals surface area (Å²) in [5, 5.41) is 2.92. The number of nitrogens with one attached hydrogen (secondary N) is 1. The molecule has 0 aromatic heterocycles. The highest BCUT2D eigenvalue weighted by molar-refractivity contribution is 5.90. The van der Waals surface area contributed by atoms with Crippen molar-refractivity contribution >= 4 is 11.6 Å². The lowest BCUT2D eigenvalue weighted by molar-refractivity contribution is -0.116. The number of allylic oxidation sites excluding steroid dienone is 6. The minimum atomic E-state index is 0.0615. The molecule has 0 atom stereocenters. The highest BCUT2D eigenvalue weighted by Gasteiger charge is 2.03. The maximum absolute atomic E-state index is 11.8. The smallest absolute Gasteiger partial charge is 0.224 e. The molecule has 0 saturated heterocycles. The van der Waals surface area contributed by atoms with Crippen LogP contribution in [0.25, 0.3) is 0 Å². The summed E-state index contributed by atoms with van der Waals surface area (Å²) in [6.45, 7) is 2.03. The lowest BCUT2D eigenvalue weighted by atomic mass is 10.1. The van der Waals surface area contributed by atoms with Gasteiger partial charge in [0.15, 0.2) is 0 Å². The average Bonchev–Trinajstić information content (AvgIpc) is 2.68. The number of carbonyl (C=O) groups excluding carboxylic acids is 1. The molecule has 98 valence electrons. The van der Waals surface area contributed by atoms with E-state index in [0.29, 0.717) is 6.42 Å². The van der Waals surface area contributed by atoms with E-state index in [-0.39, 0.29) is 5.91 Å². The van der Waals surface area contributed by atoms with Crippen molar-refractivity contribution in [3.8, 4) is 0 Å². The molecule has 0 fully saturated rings. The Balaban J connectivity index is 1.83. The van der Waals surface area contributed by atoms with Gasteiger partial charge in [-0.2, -0.15) is 0 Å². The van der Waals surface area contributed by atoms with Gasteiger partial charge >= 0.3 is 0 Å². The van der Waals surface area contributed by atoms with Gasteiger partial charge in [-0.05, 0) is 37.5 Å². The first-order valence-corrected chi connectivity index (χ1v) is 6.63. The number of anilines is 1. The summed E-state index contributed by atoms with van der Waals surface area (Å²) in [4.78, 5) is 11.8. The Kier molecular flexibility index (Phi) is 4.73. The molecule has 0 saturated carbocycles. The molecular weight excluding hydrogens is 234 g/mol. The van der Waals surface area contributed by atoms with Gasteiger partial charge in [-0.15, -0.1) is 0 Å². The van der Waals surface area contributed by atoms with E-state index in [1.165, 1.54) is 11.1 Å². The molecule has 2 nitrogen and oxygen atoms in total. The second kappa shape index (κ2) is 6.74. The SMILES string of the molecule is Cc1ccc(NC(=O)CCC2=CC=CCC=C2)cc1. The van der Waals surface area contributed by atoms with Crippen molar-refractivity contribution in [2.75, 3.05) is 5.32 Å². The molecule has 0 bridgehead atoms. The zero-order valence-corrected chi connectivity index (χ0v) is 11.2. The molecule has 0 radical (unpaired) electrons. The molecule has 1 aromatic rings. The van der Waals surface area contributed by atoms with Gasteiger partial charge in [0, 0.05) is 12.1 Å². The highest BCUT2D eigenvalue weighted by Crippen LogP contribution is 2.13. The van der Waals surface area contributed by atoms with Gasteiger partial charge in [0.2, 0.25) is 5.91 Å². The van der Waals surface area contributed by atoms with Gasteiger partial charge in [0.1, 0.15) is 0 Å². The number of benzene rings is 1. The first-order chi connectivity index (χ1) is 9.24. The van der Waals surface area contributed by atoms with Crippen molar-refractivity contribution in [1.82, 2.24) is 0 Å². The Bertz CT molecular complexity index is 521. The largest absolute Gasteiger partial charge is 0.326 e. The molecule has 2 rings (SSSR count). The van der Waals surface area contributed by atoms with Gasteiger partial charge < -0.3 is 5.32 Å². The molecule has 2 heteroatoms. The minimum absolute atomic E-state index is 0.0615. The fourth-order valence-corrected chi connectivity index (χ4v) is 1.91. The van der Waals surface area contributed by atoms with Gasteiger partial charge in [-0.25, -0.2) is 0 Å². The average molecular weight is 253 g/mol. The molecular formula is C17H19NO. The van der Waals surface area contributed by atoms with Crippen molar-refractivity contribution in [1.29, 1.82) is 0 Å². The van der Waals surface area contributed by atoms with Crippen molar-refractivity contribution in [2.24, 2.45) is 0 Å². The van der Waals surface area contributed by atoms with Crippen LogP contribution in [0.15, 0.2) is 60.2 Å². The van der Waals surface area contributed by atoms with E-state index in [4.69, 9.17) is 0 Å². The van der Waals surface area contributed by atoms with Gasteiger partial charge in [0.05, 0.1) is 0 Å². The number of hydrogen-bond donors (Lipinski definition) is 1. The third-order valence-electron chi connectivity index (χ3n) is 3.03. The summed E-state index contributed by atoms with van der Waals surface area (Å²) in [6.07, 6.45) is 12.7. The van der Waals surface area contributed by atoms with Crippen LogP contribution >= 0.6 is 0 Å². The number of amides is 1. The summed E-state index contributed by atoms with van der Waals surface area (Å²) in [7, 11) is 0. The molecule has 0 unspecified atom stereocenters. The van der Waals surface area contributed by atoms with Crippen LogP contribution in [-0.2, 0) is 4.79 Å². The van der Waals surface area contributed by atoms with Crippen LogP contribution in [-0.4, -0.2) is 5.91 Å². The number of rotatable bonds is 4. The van der Waals surface area contributed by atoms with E-state index in [9.17, 15) is 4.79 Å². The van der Waals surface area contributed by atoms with Crippen molar-refractivity contribution in [2.45, 2.75) is 26.2 Å². The maximum Gasteiger partial charge on any atom is 0.224 e. The Hall–Kier alpha value is -2.09. The summed E-state index contributed by atoms with van der Waals surface area (Å²) < 4.78 is 0. The second-order valence-corrected chi connectivity index (χ2v) is 4.72. The fourth-order valence-electron chi connectivity index (χ4n) is 1.91. The van der Waals surface area contributed by atoms with E-state index in [1.807, 2.05) is 37.3 Å². The van der Waals surface area contributed by atoms with Gasteiger partial charge in [0.25, 0.3) is 0 Å². The Morgan fingerprint density at radius 3 is 2.79 bits per heavy atom. The second-order valence-electron chi connectivity index (χ2n) is 4.72. The third kappa shape index (κ3) is 4.59. The van der Waals surface area contributed by atoms with Crippen molar-refractivity contribution in [3.05, 3.63) is 65.8 Å². The predicted molar refractivity (Wildman–Crippen MR) is 80.0 cm³/mol. The normalized spacial score (nSPS) is 13.8. The molecule has 0 spiro atoms. The van der Waals surface area contributed by atoms with Crippen molar-refractivity contribution < 1.29 is 4.79 Å².